The average Bonchev–Trinajstić information content (AvgIpc) is 3.56. The third-order valence-electron chi connectivity index (χ3n) is 6.37. The smallest absolute Gasteiger partial charge is 0.228 e. The molecule has 150 valence electrons. The molecule has 2 heterocycles. The molecule has 0 spiro atoms. The molecule has 1 saturated carbocycles. The van der Waals surface area contributed by atoms with Crippen molar-refractivity contribution in [3.8, 4) is 0 Å². The summed E-state index contributed by atoms with van der Waals surface area (Å²) < 4.78 is 0. The predicted octanol–water partition coefficient (Wildman–Crippen LogP) is 2.07. The van der Waals surface area contributed by atoms with Crippen LogP contribution in [0.4, 0.5) is 0 Å². The molecule has 4 rings (SSSR count). The van der Waals surface area contributed by atoms with Gasteiger partial charge < -0.3 is 14.7 Å². The predicted molar refractivity (Wildman–Crippen MR) is 105 cm³/mol. The molecule has 0 N–H and O–H groups in total. The van der Waals surface area contributed by atoms with Crippen LogP contribution in [0.15, 0.2) is 30.3 Å². The minimum Gasteiger partial charge on any atom is -0.341 e. The Bertz CT molecular complexity index is 747. The fourth-order valence-corrected chi connectivity index (χ4v) is 4.58. The topological polar surface area (TPSA) is 60.9 Å². The molecule has 2 unspecified atom stereocenters. The molecule has 2 saturated heterocycles. The summed E-state index contributed by atoms with van der Waals surface area (Å²) in [6.45, 7) is 2.64. The first kappa shape index (κ1) is 19.0. The number of carbonyl (C=O) groups excluding carboxylic acids is 3. The van der Waals surface area contributed by atoms with Crippen LogP contribution in [0.1, 0.15) is 43.7 Å². The van der Waals surface area contributed by atoms with Gasteiger partial charge in [-0.25, -0.2) is 0 Å². The molecule has 3 amide bonds. The molecule has 2 atom stereocenters. The van der Waals surface area contributed by atoms with Crippen molar-refractivity contribution in [1.82, 2.24) is 14.7 Å². The molecular formula is C22H29N3O3. The van der Waals surface area contributed by atoms with Crippen molar-refractivity contribution in [2.24, 2.45) is 11.8 Å². The Morgan fingerprint density at radius 1 is 0.893 bits per heavy atom. The maximum atomic E-state index is 13.4. The van der Waals surface area contributed by atoms with E-state index in [9.17, 15) is 14.4 Å². The first-order chi connectivity index (χ1) is 13.6. The summed E-state index contributed by atoms with van der Waals surface area (Å²) in [5.74, 6) is 0.474. The van der Waals surface area contributed by atoms with Crippen LogP contribution in [-0.2, 0) is 14.4 Å². The number of rotatable bonds is 3. The first-order valence-electron chi connectivity index (χ1n) is 10.4. The van der Waals surface area contributed by atoms with Crippen LogP contribution in [0.3, 0.4) is 0 Å². The minimum absolute atomic E-state index is 0.0926. The molecule has 1 aromatic rings. The van der Waals surface area contributed by atoms with E-state index in [0.29, 0.717) is 32.5 Å². The van der Waals surface area contributed by atoms with Crippen LogP contribution in [-0.4, -0.2) is 65.6 Å². The number of likely N-dealkylation sites (tertiary alicyclic amines) is 1. The highest BCUT2D eigenvalue weighted by molar-refractivity contribution is 5.85. The molecule has 0 bridgehead atoms. The van der Waals surface area contributed by atoms with E-state index >= 15 is 0 Å². The van der Waals surface area contributed by atoms with Crippen LogP contribution in [0.25, 0.3) is 0 Å². The molecule has 1 aliphatic carbocycles. The normalized spacial score (nSPS) is 26.2. The van der Waals surface area contributed by atoms with Crippen molar-refractivity contribution >= 4 is 17.7 Å². The Morgan fingerprint density at radius 3 is 2.18 bits per heavy atom. The van der Waals surface area contributed by atoms with Crippen molar-refractivity contribution in [2.45, 2.75) is 38.1 Å². The molecule has 3 fully saturated rings. The largest absolute Gasteiger partial charge is 0.341 e. The number of carbonyl (C=O) groups is 3. The second kappa shape index (κ2) is 7.94. The molecule has 6 nitrogen and oxygen atoms in total. The van der Waals surface area contributed by atoms with Crippen molar-refractivity contribution in [1.29, 1.82) is 0 Å². The number of hydrogen-bond acceptors (Lipinski definition) is 3. The summed E-state index contributed by atoms with van der Waals surface area (Å²) in [6, 6.07) is 9.64. The Labute approximate surface area is 166 Å². The van der Waals surface area contributed by atoms with Gasteiger partial charge in [0.1, 0.15) is 0 Å². The van der Waals surface area contributed by atoms with Gasteiger partial charge in [0.2, 0.25) is 17.7 Å². The highest BCUT2D eigenvalue weighted by Gasteiger charge is 2.41. The number of benzene rings is 1. The molecule has 0 aromatic heterocycles. The third kappa shape index (κ3) is 3.77. The fraction of sp³-hybridized carbons (Fsp3) is 0.591. The third-order valence-corrected chi connectivity index (χ3v) is 6.37. The zero-order chi connectivity index (χ0) is 19.7. The lowest BCUT2D eigenvalue weighted by atomic mass is 9.83. The number of piperidine rings is 1. The van der Waals surface area contributed by atoms with E-state index < -0.39 is 0 Å². The number of hydrogen-bond donors (Lipinski definition) is 0. The Morgan fingerprint density at radius 2 is 1.54 bits per heavy atom. The molecule has 3 aliphatic rings. The summed E-state index contributed by atoms with van der Waals surface area (Å²) in [6.07, 6.45) is 3.85. The quantitative estimate of drug-likeness (QED) is 0.803. The highest BCUT2D eigenvalue weighted by atomic mass is 16.2. The first-order valence-corrected chi connectivity index (χ1v) is 10.4. The van der Waals surface area contributed by atoms with Crippen LogP contribution >= 0.6 is 0 Å². The summed E-state index contributed by atoms with van der Waals surface area (Å²) in [5, 5.41) is 0. The summed E-state index contributed by atoms with van der Waals surface area (Å²) in [4.78, 5) is 43.8. The molecule has 0 radical (unpaired) electrons. The van der Waals surface area contributed by atoms with Crippen molar-refractivity contribution < 1.29 is 14.4 Å². The van der Waals surface area contributed by atoms with Crippen molar-refractivity contribution in [3.63, 3.8) is 0 Å². The number of amides is 3. The lowest BCUT2D eigenvalue weighted by molar-refractivity contribution is -0.147. The zero-order valence-corrected chi connectivity index (χ0v) is 16.5. The lowest BCUT2D eigenvalue weighted by Gasteiger charge is -2.40. The van der Waals surface area contributed by atoms with E-state index in [2.05, 4.69) is 0 Å². The van der Waals surface area contributed by atoms with Crippen LogP contribution < -0.4 is 0 Å². The Hall–Kier alpha value is -2.37. The van der Waals surface area contributed by atoms with Gasteiger partial charge in [-0.1, -0.05) is 30.3 Å². The summed E-state index contributed by atoms with van der Waals surface area (Å²) >= 11 is 0. The molecule has 2 aliphatic heterocycles. The average molecular weight is 383 g/mol. The zero-order valence-electron chi connectivity index (χ0n) is 16.5. The van der Waals surface area contributed by atoms with Crippen LogP contribution in [0, 0.1) is 11.8 Å². The van der Waals surface area contributed by atoms with Gasteiger partial charge in [-0.15, -0.1) is 0 Å². The monoisotopic (exact) mass is 383 g/mol. The van der Waals surface area contributed by atoms with E-state index in [-0.39, 0.29) is 35.6 Å². The molecular weight excluding hydrogens is 354 g/mol. The van der Waals surface area contributed by atoms with Gasteiger partial charge in [-0.3, -0.25) is 14.4 Å². The van der Waals surface area contributed by atoms with E-state index in [1.165, 1.54) is 0 Å². The van der Waals surface area contributed by atoms with E-state index in [1.807, 2.05) is 40.1 Å². The lowest BCUT2D eigenvalue weighted by Crippen LogP contribution is -2.48. The second-order valence-electron chi connectivity index (χ2n) is 8.28. The molecule has 1 aromatic carbocycles. The summed E-state index contributed by atoms with van der Waals surface area (Å²) in [5.41, 5.74) is 1.01. The van der Waals surface area contributed by atoms with Gasteiger partial charge in [0.05, 0.1) is 12.0 Å². The van der Waals surface area contributed by atoms with E-state index in [4.69, 9.17) is 0 Å². The molecule has 28 heavy (non-hydrogen) atoms. The van der Waals surface area contributed by atoms with Gasteiger partial charge in [-0.05, 0) is 31.2 Å². The maximum Gasteiger partial charge on any atom is 0.228 e. The van der Waals surface area contributed by atoms with Gasteiger partial charge in [0, 0.05) is 45.6 Å². The van der Waals surface area contributed by atoms with E-state index in [1.54, 1.807) is 11.9 Å². The molecule has 6 heteroatoms. The van der Waals surface area contributed by atoms with Crippen LogP contribution in [0.5, 0.6) is 0 Å². The highest BCUT2D eigenvalue weighted by Crippen LogP contribution is 2.37. The van der Waals surface area contributed by atoms with Gasteiger partial charge >= 0.3 is 0 Å². The van der Waals surface area contributed by atoms with Crippen molar-refractivity contribution in [3.05, 3.63) is 35.9 Å². The maximum absolute atomic E-state index is 13.4. The minimum atomic E-state index is -0.226. The van der Waals surface area contributed by atoms with Gasteiger partial charge in [0.25, 0.3) is 0 Å². The van der Waals surface area contributed by atoms with Crippen LogP contribution in [0.2, 0.25) is 0 Å². The standard InChI is InChI=1S/C22H29N3O3/c1-23-19(26)11-10-18(20(23)16-6-3-2-4-7-16)22(28)25-13-5-12-24(14-15-25)21(27)17-8-9-17/h2-4,6-7,17-18,20H,5,8-15H2,1H3. The Balaban J connectivity index is 1.49. The fourth-order valence-electron chi connectivity index (χ4n) is 4.58. The van der Waals surface area contributed by atoms with Gasteiger partial charge in [0.15, 0.2) is 0 Å². The number of nitrogens with zero attached hydrogens (tertiary/aromatic N) is 3. The van der Waals surface area contributed by atoms with Crippen molar-refractivity contribution in [2.75, 3.05) is 33.2 Å². The van der Waals surface area contributed by atoms with E-state index in [0.717, 1.165) is 31.4 Å². The SMILES string of the molecule is CN1C(=O)CCC(C(=O)N2CCCN(C(=O)C3CC3)CC2)C1c1ccccc1. The second-order valence-corrected chi connectivity index (χ2v) is 8.28. The van der Waals surface area contributed by atoms with Gasteiger partial charge in [-0.2, -0.15) is 0 Å². The Kier molecular flexibility index (Phi) is 5.38. The summed E-state index contributed by atoms with van der Waals surface area (Å²) in [7, 11) is 1.80.